The second kappa shape index (κ2) is 10.2. The maximum absolute atomic E-state index is 13.1. The highest BCUT2D eigenvalue weighted by Crippen LogP contribution is 2.30. The molecule has 1 unspecified atom stereocenters. The summed E-state index contributed by atoms with van der Waals surface area (Å²) in [6.07, 6.45) is 2.20. The van der Waals surface area contributed by atoms with E-state index in [1.54, 1.807) is 12.1 Å². The van der Waals surface area contributed by atoms with Crippen molar-refractivity contribution in [2.45, 2.75) is 19.8 Å². The highest BCUT2D eigenvalue weighted by molar-refractivity contribution is 7.17. The molecule has 0 spiro atoms. The van der Waals surface area contributed by atoms with Crippen LogP contribution in [0.5, 0.6) is 0 Å². The molecule has 1 saturated heterocycles. The number of aryl methyl sites for hydroxylation is 1. The number of halogens is 3. The molecule has 1 atom stereocenters. The topological polar surface area (TPSA) is 45.2 Å². The number of carbonyl (C=O) groups is 1. The lowest BCUT2D eigenvalue weighted by Gasteiger charge is -2.32. The van der Waals surface area contributed by atoms with Crippen molar-refractivity contribution in [3.05, 3.63) is 40.7 Å². The molecule has 0 bridgehead atoms. The summed E-state index contributed by atoms with van der Waals surface area (Å²) in [5.41, 5.74) is 1.59. The van der Waals surface area contributed by atoms with Gasteiger partial charge in [-0.3, -0.25) is 4.79 Å². The summed E-state index contributed by atoms with van der Waals surface area (Å²) in [4.78, 5) is 20.0. The van der Waals surface area contributed by atoms with E-state index in [2.05, 4.69) is 10.3 Å². The van der Waals surface area contributed by atoms with E-state index >= 15 is 0 Å². The Bertz CT molecular complexity index is 722. The SMILES string of the molecule is CNCC1CCCN(C(=O)c2sc(-c3ccc(F)cc3)nc2C)C1.Cl.Cl. The number of piperidine rings is 1. The van der Waals surface area contributed by atoms with Crippen molar-refractivity contribution in [1.82, 2.24) is 15.2 Å². The number of nitrogens with zero attached hydrogens (tertiary/aromatic N) is 2. The fourth-order valence-corrected chi connectivity index (χ4v) is 4.20. The average molecular weight is 420 g/mol. The molecule has 3 rings (SSSR count). The van der Waals surface area contributed by atoms with Crippen molar-refractivity contribution < 1.29 is 9.18 Å². The van der Waals surface area contributed by atoms with Gasteiger partial charge in [0.05, 0.1) is 5.69 Å². The molecule has 1 N–H and O–H groups in total. The number of nitrogens with one attached hydrogen (secondary N) is 1. The van der Waals surface area contributed by atoms with E-state index in [9.17, 15) is 9.18 Å². The van der Waals surface area contributed by atoms with Gasteiger partial charge in [0, 0.05) is 18.7 Å². The molecular weight excluding hydrogens is 396 g/mol. The summed E-state index contributed by atoms with van der Waals surface area (Å²) in [7, 11) is 1.95. The molecule has 8 heteroatoms. The van der Waals surface area contributed by atoms with Crippen molar-refractivity contribution in [2.75, 3.05) is 26.7 Å². The Kier molecular flexibility index (Phi) is 8.96. The predicted octanol–water partition coefficient (Wildman–Crippen LogP) is 4.17. The van der Waals surface area contributed by atoms with Crippen LogP contribution in [0.2, 0.25) is 0 Å². The number of thiazole rings is 1. The van der Waals surface area contributed by atoms with Crippen molar-refractivity contribution in [1.29, 1.82) is 0 Å². The van der Waals surface area contributed by atoms with Crippen LogP contribution in [-0.4, -0.2) is 42.5 Å². The second-order valence-corrected chi connectivity index (χ2v) is 7.26. The zero-order chi connectivity index (χ0) is 17.1. The quantitative estimate of drug-likeness (QED) is 0.808. The number of hydrogen-bond donors (Lipinski definition) is 1. The summed E-state index contributed by atoms with van der Waals surface area (Å²) in [5.74, 6) is 0.309. The number of benzene rings is 1. The van der Waals surface area contributed by atoms with Crippen LogP contribution in [0.3, 0.4) is 0 Å². The van der Waals surface area contributed by atoms with Crippen LogP contribution in [-0.2, 0) is 0 Å². The minimum absolute atomic E-state index is 0. The summed E-state index contributed by atoms with van der Waals surface area (Å²) < 4.78 is 13.1. The molecule has 1 aliphatic rings. The third kappa shape index (κ3) is 5.16. The summed E-state index contributed by atoms with van der Waals surface area (Å²) >= 11 is 1.39. The van der Waals surface area contributed by atoms with E-state index in [-0.39, 0.29) is 36.5 Å². The standard InChI is InChI=1S/C18H22FN3OS.2ClH/c1-12-16(18(23)22-9-3-4-13(11-22)10-20-2)24-17(21-12)14-5-7-15(19)8-6-14;;/h5-8,13,20H,3-4,9-11H2,1-2H3;2*1H. The minimum Gasteiger partial charge on any atom is -0.338 e. The Morgan fingerprint density at radius 1 is 1.35 bits per heavy atom. The number of carbonyl (C=O) groups excluding carboxylic acids is 1. The highest BCUT2D eigenvalue weighted by Gasteiger charge is 2.27. The van der Waals surface area contributed by atoms with Gasteiger partial charge in [-0.15, -0.1) is 36.2 Å². The molecule has 1 aromatic heterocycles. The van der Waals surface area contributed by atoms with Gasteiger partial charge < -0.3 is 10.2 Å². The third-order valence-electron chi connectivity index (χ3n) is 4.38. The van der Waals surface area contributed by atoms with Crippen LogP contribution < -0.4 is 5.32 Å². The molecule has 26 heavy (non-hydrogen) atoms. The van der Waals surface area contributed by atoms with Crippen molar-refractivity contribution in [3.63, 3.8) is 0 Å². The largest absolute Gasteiger partial charge is 0.338 e. The Morgan fingerprint density at radius 3 is 2.69 bits per heavy atom. The van der Waals surface area contributed by atoms with Crippen LogP contribution in [0.1, 0.15) is 28.2 Å². The first-order valence-electron chi connectivity index (χ1n) is 8.25. The van der Waals surface area contributed by atoms with Crippen LogP contribution >= 0.6 is 36.2 Å². The minimum atomic E-state index is -0.271. The van der Waals surface area contributed by atoms with E-state index < -0.39 is 0 Å². The lowest BCUT2D eigenvalue weighted by Crippen LogP contribution is -2.42. The normalized spacial score (nSPS) is 16.6. The summed E-state index contributed by atoms with van der Waals surface area (Å²) in [6, 6.07) is 6.23. The first-order valence-corrected chi connectivity index (χ1v) is 9.07. The third-order valence-corrected chi connectivity index (χ3v) is 5.58. The van der Waals surface area contributed by atoms with Gasteiger partial charge in [0.1, 0.15) is 15.7 Å². The molecule has 0 aliphatic carbocycles. The molecule has 1 aliphatic heterocycles. The Balaban J connectivity index is 0.00000169. The number of likely N-dealkylation sites (tertiary alicyclic amines) is 1. The average Bonchev–Trinajstić information content (AvgIpc) is 2.97. The number of aromatic nitrogens is 1. The van der Waals surface area contributed by atoms with Gasteiger partial charge in [-0.25, -0.2) is 9.37 Å². The van der Waals surface area contributed by atoms with Gasteiger partial charge >= 0.3 is 0 Å². The zero-order valence-electron chi connectivity index (χ0n) is 14.8. The summed E-state index contributed by atoms with van der Waals surface area (Å²) in [6.45, 7) is 4.41. The van der Waals surface area contributed by atoms with Crippen LogP contribution in [0.4, 0.5) is 4.39 Å². The van der Waals surface area contributed by atoms with Crippen LogP contribution in [0, 0.1) is 18.7 Å². The fourth-order valence-electron chi connectivity index (χ4n) is 3.16. The van der Waals surface area contributed by atoms with Crippen LogP contribution in [0.25, 0.3) is 10.6 Å². The van der Waals surface area contributed by atoms with Gasteiger partial charge in [0.25, 0.3) is 5.91 Å². The van der Waals surface area contributed by atoms with Gasteiger partial charge in [0.15, 0.2) is 0 Å². The fraction of sp³-hybridized carbons (Fsp3) is 0.444. The maximum atomic E-state index is 13.1. The molecular formula is C18H24Cl2FN3OS. The van der Waals surface area contributed by atoms with Crippen molar-refractivity contribution in [3.8, 4) is 10.6 Å². The molecule has 2 heterocycles. The molecule has 4 nitrogen and oxygen atoms in total. The van der Waals surface area contributed by atoms with Gasteiger partial charge in [-0.05, 0) is 63.5 Å². The molecule has 1 aromatic carbocycles. The molecule has 144 valence electrons. The lowest BCUT2D eigenvalue weighted by molar-refractivity contribution is 0.0678. The molecule has 0 radical (unpaired) electrons. The lowest BCUT2D eigenvalue weighted by atomic mass is 9.98. The number of rotatable bonds is 4. The molecule has 0 saturated carbocycles. The van der Waals surface area contributed by atoms with Gasteiger partial charge in [0.2, 0.25) is 0 Å². The predicted molar refractivity (Wildman–Crippen MR) is 109 cm³/mol. The van der Waals surface area contributed by atoms with E-state index in [4.69, 9.17) is 0 Å². The molecule has 2 aromatic rings. The Labute approximate surface area is 170 Å². The number of hydrogen-bond acceptors (Lipinski definition) is 4. The smallest absolute Gasteiger partial charge is 0.265 e. The molecule has 1 fully saturated rings. The Morgan fingerprint density at radius 2 is 2.04 bits per heavy atom. The highest BCUT2D eigenvalue weighted by atomic mass is 35.5. The van der Waals surface area contributed by atoms with Crippen molar-refractivity contribution >= 4 is 42.1 Å². The van der Waals surface area contributed by atoms with E-state index in [1.807, 2.05) is 18.9 Å². The zero-order valence-corrected chi connectivity index (χ0v) is 17.3. The van der Waals surface area contributed by atoms with Crippen LogP contribution in [0.15, 0.2) is 24.3 Å². The number of amides is 1. The summed E-state index contributed by atoms with van der Waals surface area (Å²) in [5, 5.41) is 3.96. The maximum Gasteiger partial charge on any atom is 0.265 e. The first-order chi connectivity index (χ1) is 11.6. The van der Waals surface area contributed by atoms with Gasteiger partial charge in [-0.2, -0.15) is 0 Å². The Hall–Kier alpha value is -1.21. The van der Waals surface area contributed by atoms with E-state index in [1.165, 1.54) is 23.5 Å². The molecule has 1 amide bonds. The van der Waals surface area contributed by atoms with E-state index in [0.29, 0.717) is 10.8 Å². The van der Waals surface area contributed by atoms with Crippen molar-refractivity contribution in [2.24, 2.45) is 5.92 Å². The first kappa shape index (κ1) is 22.8. The second-order valence-electron chi connectivity index (χ2n) is 6.26. The van der Waals surface area contributed by atoms with E-state index in [0.717, 1.165) is 48.7 Å². The van der Waals surface area contributed by atoms with Gasteiger partial charge in [-0.1, -0.05) is 0 Å². The monoisotopic (exact) mass is 419 g/mol.